The minimum atomic E-state index is -0.877. The lowest BCUT2D eigenvalue weighted by Gasteiger charge is -2.11. The van der Waals surface area contributed by atoms with Crippen molar-refractivity contribution in [2.24, 2.45) is 0 Å². The second kappa shape index (κ2) is 9.35. The van der Waals surface area contributed by atoms with E-state index in [-0.39, 0.29) is 11.7 Å². The molecule has 2 N–H and O–H groups in total. The normalized spacial score (nSPS) is 10.5. The van der Waals surface area contributed by atoms with Gasteiger partial charge in [-0.1, -0.05) is 6.07 Å². The number of hydrogen-bond donors (Lipinski definition) is 2. The molecule has 8 nitrogen and oxygen atoms in total. The number of halogens is 2. The molecule has 0 aliphatic rings. The third kappa shape index (κ3) is 4.90. The maximum Gasteiger partial charge on any atom is 0.336 e. The number of rotatable bonds is 6. The summed E-state index contributed by atoms with van der Waals surface area (Å²) >= 11 is 0. The van der Waals surface area contributed by atoms with E-state index in [4.69, 9.17) is 9.47 Å². The summed E-state index contributed by atoms with van der Waals surface area (Å²) < 4.78 is 38.8. The van der Waals surface area contributed by atoms with Crippen molar-refractivity contribution in [1.29, 1.82) is 0 Å². The molecule has 10 heteroatoms. The van der Waals surface area contributed by atoms with Crippen LogP contribution in [0.5, 0.6) is 11.8 Å². The van der Waals surface area contributed by atoms with Gasteiger partial charge in [0.1, 0.15) is 17.4 Å². The monoisotopic (exact) mass is 451 g/mol. The smallest absolute Gasteiger partial charge is 0.336 e. The molecule has 0 aliphatic heterocycles. The molecular formula is C23H19F2N5O3. The van der Waals surface area contributed by atoms with Gasteiger partial charge in [0.15, 0.2) is 5.82 Å². The van der Waals surface area contributed by atoms with Crippen LogP contribution in [0.3, 0.4) is 0 Å². The maximum absolute atomic E-state index is 13.8. The first-order valence-corrected chi connectivity index (χ1v) is 9.76. The minimum absolute atomic E-state index is 0.146. The molecule has 0 fully saturated rings. The highest BCUT2D eigenvalue weighted by atomic mass is 19.1. The fourth-order valence-corrected chi connectivity index (χ4v) is 3.08. The van der Waals surface area contributed by atoms with Crippen molar-refractivity contribution in [2.75, 3.05) is 24.9 Å². The van der Waals surface area contributed by atoms with Crippen LogP contribution in [-0.4, -0.2) is 35.0 Å². The van der Waals surface area contributed by atoms with Gasteiger partial charge >= 0.3 is 12.0 Å². The number of nitrogens with zero attached hydrogens (tertiary/aromatic N) is 3. The molecule has 0 radical (unpaired) electrons. The number of aromatic nitrogens is 3. The first kappa shape index (κ1) is 21.8. The maximum atomic E-state index is 13.8. The molecule has 33 heavy (non-hydrogen) atoms. The van der Waals surface area contributed by atoms with Gasteiger partial charge in [-0.25, -0.2) is 18.3 Å². The van der Waals surface area contributed by atoms with Crippen LogP contribution in [0.4, 0.5) is 25.0 Å². The Bertz CT molecular complexity index is 1290. The zero-order chi connectivity index (χ0) is 23.4. The second-order valence-corrected chi connectivity index (χ2v) is 6.82. The number of amides is 2. The molecule has 1 heterocycles. The Morgan fingerprint density at radius 2 is 1.73 bits per heavy atom. The van der Waals surface area contributed by atoms with Gasteiger partial charge in [-0.05, 0) is 54.6 Å². The van der Waals surface area contributed by atoms with E-state index in [1.54, 1.807) is 48.2 Å². The molecule has 4 aromatic rings. The van der Waals surface area contributed by atoms with Crippen LogP contribution in [0.2, 0.25) is 0 Å². The van der Waals surface area contributed by atoms with Gasteiger partial charge in [0.25, 0.3) is 0 Å². The lowest BCUT2D eigenvalue weighted by molar-refractivity contribution is 0.262. The van der Waals surface area contributed by atoms with Crippen LogP contribution < -0.4 is 20.1 Å². The van der Waals surface area contributed by atoms with Crippen molar-refractivity contribution in [3.8, 4) is 28.8 Å². The number of urea groups is 1. The Kier molecular flexibility index (Phi) is 6.16. The molecule has 2 amide bonds. The van der Waals surface area contributed by atoms with Crippen molar-refractivity contribution in [3.05, 3.63) is 78.4 Å². The Balaban J connectivity index is 1.59. The van der Waals surface area contributed by atoms with Gasteiger partial charge in [-0.15, -0.1) is 5.10 Å². The molecule has 0 saturated carbocycles. The first-order valence-electron chi connectivity index (χ1n) is 9.76. The van der Waals surface area contributed by atoms with Crippen molar-refractivity contribution in [1.82, 2.24) is 14.8 Å². The third-order valence-corrected chi connectivity index (χ3v) is 4.65. The number of carbonyl (C=O) groups excluding carboxylic acids is 1. The summed E-state index contributed by atoms with van der Waals surface area (Å²) in [6.07, 6.45) is 0. The zero-order valence-corrected chi connectivity index (χ0v) is 17.7. The van der Waals surface area contributed by atoms with E-state index in [9.17, 15) is 13.6 Å². The molecule has 0 saturated heterocycles. The topological polar surface area (TPSA) is 90.3 Å². The first-order chi connectivity index (χ1) is 16.0. The summed E-state index contributed by atoms with van der Waals surface area (Å²) in [5.41, 5.74) is 1.65. The van der Waals surface area contributed by atoms with Crippen molar-refractivity contribution in [2.45, 2.75) is 0 Å². The van der Waals surface area contributed by atoms with E-state index in [0.29, 0.717) is 29.0 Å². The van der Waals surface area contributed by atoms with Gasteiger partial charge in [-0.3, -0.25) is 0 Å². The lowest BCUT2D eigenvalue weighted by atomic mass is 10.2. The molecule has 4 rings (SSSR count). The van der Waals surface area contributed by atoms with Crippen molar-refractivity contribution >= 4 is 17.4 Å². The summed E-state index contributed by atoms with van der Waals surface area (Å²) in [7, 11) is 3.05. The number of hydrogen-bond acceptors (Lipinski definition) is 5. The standard InChI is InChI=1S/C23H19F2N5O3/c1-32-18-9-6-14(7-10-18)21-28-23(33-2)29-30(21)17-5-3-4-16(13-17)26-22(31)27-20-11-8-15(24)12-19(20)25/h3-13H,1-2H3,(H2,26,27,31). The number of nitrogens with one attached hydrogen (secondary N) is 2. The van der Waals surface area contributed by atoms with Crippen LogP contribution in [-0.2, 0) is 0 Å². The Hall–Kier alpha value is -4.47. The largest absolute Gasteiger partial charge is 0.497 e. The summed E-state index contributed by atoms with van der Waals surface area (Å²) in [4.78, 5) is 16.7. The molecule has 3 aromatic carbocycles. The van der Waals surface area contributed by atoms with Crippen molar-refractivity contribution in [3.63, 3.8) is 0 Å². The molecule has 168 valence electrons. The summed E-state index contributed by atoms with van der Waals surface area (Å²) in [5, 5.41) is 9.33. The van der Waals surface area contributed by atoms with E-state index in [2.05, 4.69) is 20.7 Å². The number of benzene rings is 3. The van der Waals surface area contributed by atoms with Crippen LogP contribution in [0.25, 0.3) is 17.1 Å². The summed E-state index contributed by atoms with van der Waals surface area (Å²) in [6, 6.07) is 16.5. The fraction of sp³-hybridized carbons (Fsp3) is 0.0870. The SMILES string of the molecule is COc1ccc(-c2nc(OC)nn2-c2cccc(NC(=O)Nc3ccc(F)cc3F)c2)cc1. The quantitative estimate of drug-likeness (QED) is 0.436. The van der Waals surface area contributed by atoms with E-state index >= 15 is 0 Å². The lowest BCUT2D eigenvalue weighted by Crippen LogP contribution is -2.20. The molecule has 0 aliphatic carbocycles. The number of ether oxygens (including phenoxy) is 2. The molecule has 0 bridgehead atoms. The van der Waals surface area contributed by atoms with Gasteiger partial charge < -0.3 is 20.1 Å². The zero-order valence-electron chi connectivity index (χ0n) is 17.7. The predicted molar refractivity (Wildman–Crippen MR) is 119 cm³/mol. The van der Waals surface area contributed by atoms with E-state index in [1.165, 1.54) is 7.11 Å². The highest BCUT2D eigenvalue weighted by Gasteiger charge is 2.15. The van der Waals surface area contributed by atoms with Crippen LogP contribution in [0, 0.1) is 11.6 Å². The summed E-state index contributed by atoms with van der Waals surface area (Å²) in [5.74, 6) is -0.393. The number of anilines is 2. The minimum Gasteiger partial charge on any atom is -0.497 e. The Labute approximate surface area is 187 Å². The van der Waals surface area contributed by atoms with E-state index in [0.717, 1.165) is 17.7 Å². The molecule has 0 spiro atoms. The van der Waals surface area contributed by atoms with Crippen LogP contribution in [0.15, 0.2) is 66.7 Å². The highest BCUT2D eigenvalue weighted by molar-refractivity contribution is 6.00. The third-order valence-electron chi connectivity index (χ3n) is 4.65. The number of carbonyl (C=O) groups is 1. The van der Waals surface area contributed by atoms with Crippen molar-refractivity contribution < 1.29 is 23.0 Å². The van der Waals surface area contributed by atoms with Gasteiger partial charge in [0.05, 0.1) is 25.6 Å². The molecule has 1 aromatic heterocycles. The number of methoxy groups -OCH3 is 2. The van der Waals surface area contributed by atoms with Gasteiger partial charge in [0, 0.05) is 17.3 Å². The average molecular weight is 451 g/mol. The second-order valence-electron chi connectivity index (χ2n) is 6.82. The van der Waals surface area contributed by atoms with Gasteiger partial charge in [-0.2, -0.15) is 4.98 Å². The molecule has 0 atom stereocenters. The van der Waals surface area contributed by atoms with Gasteiger partial charge in [0.2, 0.25) is 0 Å². The summed E-state index contributed by atoms with van der Waals surface area (Å²) in [6.45, 7) is 0. The fourth-order valence-electron chi connectivity index (χ4n) is 3.08. The Morgan fingerprint density at radius 3 is 2.42 bits per heavy atom. The van der Waals surface area contributed by atoms with Crippen LogP contribution >= 0.6 is 0 Å². The average Bonchev–Trinajstić information content (AvgIpc) is 3.26. The molecule has 0 unspecified atom stereocenters. The van der Waals surface area contributed by atoms with Crippen LogP contribution in [0.1, 0.15) is 0 Å². The molecular weight excluding hydrogens is 432 g/mol. The van der Waals surface area contributed by atoms with E-state index in [1.807, 2.05) is 12.1 Å². The predicted octanol–water partition coefficient (Wildman–Crippen LogP) is 4.87. The van der Waals surface area contributed by atoms with E-state index < -0.39 is 17.7 Å². The Morgan fingerprint density at radius 1 is 0.939 bits per heavy atom. The highest BCUT2D eigenvalue weighted by Crippen LogP contribution is 2.26.